The molecule has 1 unspecified atom stereocenters. The van der Waals surface area contributed by atoms with Crippen LogP contribution in [0.5, 0.6) is 0 Å². The van der Waals surface area contributed by atoms with Gasteiger partial charge in [-0.15, -0.1) is 0 Å². The highest BCUT2D eigenvalue weighted by Crippen LogP contribution is 2.23. The Morgan fingerprint density at radius 2 is 2.06 bits per heavy atom. The van der Waals surface area contributed by atoms with Crippen molar-refractivity contribution in [3.05, 3.63) is 0 Å². The average Bonchev–Trinajstić information content (AvgIpc) is 2.10. The van der Waals surface area contributed by atoms with Crippen molar-refractivity contribution in [3.63, 3.8) is 0 Å². The van der Waals surface area contributed by atoms with Gasteiger partial charge in [-0.2, -0.15) is 0 Å². The molecule has 0 radical (unpaired) electrons. The molecule has 1 fully saturated rings. The monoisotopic (exact) mass is 244 g/mol. The number of rotatable bonds is 2. The fourth-order valence-electron chi connectivity index (χ4n) is 1.82. The number of hydrogen-bond donors (Lipinski definition) is 2. The molecule has 1 saturated heterocycles. The Bertz CT molecular complexity index is 271. The minimum Gasteiger partial charge on any atom is -0.443 e. The van der Waals surface area contributed by atoms with E-state index in [1.807, 2.05) is 34.6 Å². The molecule has 1 aliphatic rings. The molecule has 0 bridgehead atoms. The van der Waals surface area contributed by atoms with E-state index >= 15 is 0 Å². The van der Waals surface area contributed by atoms with Gasteiger partial charge in [0.05, 0.1) is 5.60 Å². The topological polar surface area (TPSA) is 59.6 Å². The van der Waals surface area contributed by atoms with Crippen LogP contribution in [0.4, 0.5) is 4.79 Å². The maximum Gasteiger partial charge on any atom is 0.422 e. The number of hydrogen-bond acceptors (Lipinski definition) is 4. The average molecular weight is 244 g/mol. The summed E-state index contributed by atoms with van der Waals surface area (Å²) < 4.78 is 10.7. The summed E-state index contributed by atoms with van der Waals surface area (Å²) in [6, 6.07) is 0.228. The van der Waals surface area contributed by atoms with E-state index in [1.165, 1.54) is 0 Å². The second-order valence-corrected chi connectivity index (χ2v) is 6.07. The van der Waals surface area contributed by atoms with Gasteiger partial charge in [0.2, 0.25) is 0 Å². The van der Waals surface area contributed by atoms with Crippen molar-refractivity contribution in [3.8, 4) is 0 Å². The highest BCUT2D eigenvalue weighted by molar-refractivity contribution is 5.67. The predicted molar refractivity (Wildman–Crippen MR) is 65.6 cm³/mol. The molecule has 1 heterocycles. The van der Waals surface area contributed by atoms with E-state index < -0.39 is 11.7 Å². The molecular formula is C12H24N2O3. The Hall–Kier alpha value is -0.810. The molecule has 1 amide bonds. The lowest BCUT2D eigenvalue weighted by molar-refractivity contribution is -0.0649. The van der Waals surface area contributed by atoms with Crippen molar-refractivity contribution >= 4 is 6.09 Å². The van der Waals surface area contributed by atoms with Gasteiger partial charge in [0.15, 0.2) is 0 Å². The third kappa shape index (κ3) is 5.89. The molecule has 100 valence electrons. The fraction of sp³-hybridized carbons (Fsp3) is 0.917. The number of ether oxygens (including phenoxy) is 2. The quantitative estimate of drug-likeness (QED) is 0.729. The third-order valence-electron chi connectivity index (χ3n) is 2.47. The zero-order valence-electron chi connectivity index (χ0n) is 11.4. The van der Waals surface area contributed by atoms with Crippen molar-refractivity contribution in [2.45, 2.75) is 64.7 Å². The van der Waals surface area contributed by atoms with E-state index in [4.69, 9.17) is 9.47 Å². The number of amides is 1. The highest BCUT2D eigenvalue weighted by Gasteiger charge is 2.29. The van der Waals surface area contributed by atoms with Gasteiger partial charge in [0.1, 0.15) is 5.60 Å². The molecule has 2 N–H and O–H groups in total. The summed E-state index contributed by atoms with van der Waals surface area (Å²) in [5.74, 6) is 0. The third-order valence-corrected chi connectivity index (χ3v) is 2.47. The largest absolute Gasteiger partial charge is 0.443 e. The second-order valence-electron chi connectivity index (χ2n) is 6.07. The first-order chi connectivity index (χ1) is 7.68. The van der Waals surface area contributed by atoms with Crippen molar-refractivity contribution in [2.24, 2.45) is 0 Å². The lowest BCUT2D eigenvalue weighted by Gasteiger charge is -2.35. The van der Waals surface area contributed by atoms with Crippen molar-refractivity contribution < 1.29 is 14.3 Å². The zero-order chi connectivity index (χ0) is 13.1. The predicted octanol–water partition coefficient (Wildman–Crippen LogP) is 1.97. The molecule has 0 aromatic carbocycles. The van der Waals surface area contributed by atoms with E-state index in [9.17, 15) is 4.79 Å². The number of hydrazine groups is 1. The summed E-state index contributed by atoms with van der Waals surface area (Å²) in [7, 11) is 0. The first kappa shape index (κ1) is 14.3. The summed E-state index contributed by atoms with van der Waals surface area (Å²) in [5, 5.41) is 0. The molecule has 1 aliphatic heterocycles. The summed E-state index contributed by atoms with van der Waals surface area (Å²) in [5.41, 5.74) is 4.97. The van der Waals surface area contributed by atoms with Crippen molar-refractivity contribution in [1.29, 1.82) is 0 Å². The van der Waals surface area contributed by atoms with Crippen LogP contribution in [0.15, 0.2) is 0 Å². The maximum absolute atomic E-state index is 11.4. The van der Waals surface area contributed by atoms with Gasteiger partial charge in [-0.05, 0) is 47.5 Å². The first-order valence-corrected chi connectivity index (χ1v) is 6.06. The molecule has 0 aliphatic carbocycles. The standard InChI is InChI=1S/C12H24N2O3/c1-11(2,3)17-10(15)14-13-9-6-7-16-12(4,5)8-9/h9,13H,6-8H2,1-5H3,(H,14,15). The van der Waals surface area contributed by atoms with E-state index in [0.29, 0.717) is 6.61 Å². The van der Waals surface area contributed by atoms with E-state index in [-0.39, 0.29) is 11.6 Å². The first-order valence-electron chi connectivity index (χ1n) is 6.06. The molecule has 0 aromatic rings. The Balaban J connectivity index is 2.29. The fourth-order valence-corrected chi connectivity index (χ4v) is 1.82. The summed E-state index contributed by atoms with van der Waals surface area (Å²) in [6.07, 6.45) is 1.31. The number of nitrogens with one attached hydrogen (secondary N) is 2. The maximum atomic E-state index is 11.4. The molecule has 5 heteroatoms. The number of carbonyl (C=O) groups is 1. The summed E-state index contributed by atoms with van der Waals surface area (Å²) in [4.78, 5) is 11.4. The lowest BCUT2D eigenvalue weighted by atomic mass is 9.94. The smallest absolute Gasteiger partial charge is 0.422 e. The Morgan fingerprint density at radius 1 is 1.41 bits per heavy atom. The van der Waals surface area contributed by atoms with Crippen LogP contribution in [0, 0.1) is 0 Å². The van der Waals surface area contributed by atoms with Gasteiger partial charge in [-0.3, -0.25) is 5.43 Å². The van der Waals surface area contributed by atoms with Gasteiger partial charge >= 0.3 is 6.09 Å². The van der Waals surface area contributed by atoms with Crippen LogP contribution in [-0.4, -0.2) is 29.9 Å². The van der Waals surface area contributed by atoms with Gasteiger partial charge in [-0.1, -0.05) is 0 Å². The minimum absolute atomic E-state index is 0.133. The molecule has 0 aromatic heterocycles. The van der Waals surface area contributed by atoms with Gasteiger partial charge < -0.3 is 9.47 Å². The molecular weight excluding hydrogens is 220 g/mol. The molecule has 5 nitrogen and oxygen atoms in total. The molecule has 17 heavy (non-hydrogen) atoms. The van der Waals surface area contributed by atoms with Crippen LogP contribution in [-0.2, 0) is 9.47 Å². The Labute approximate surface area is 103 Å². The second kappa shape index (κ2) is 5.23. The van der Waals surface area contributed by atoms with Crippen LogP contribution < -0.4 is 10.9 Å². The lowest BCUT2D eigenvalue weighted by Crippen LogP contribution is -2.51. The normalized spacial score (nSPS) is 24.2. The van der Waals surface area contributed by atoms with E-state index in [2.05, 4.69) is 10.9 Å². The van der Waals surface area contributed by atoms with E-state index in [1.54, 1.807) is 0 Å². The zero-order valence-corrected chi connectivity index (χ0v) is 11.4. The van der Waals surface area contributed by atoms with Crippen LogP contribution >= 0.6 is 0 Å². The molecule has 0 spiro atoms. The summed E-state index contributed by atoms with van der Waals surface area (Å²) in [6.45, 7) is 10.3. The van der Waals surface area contributed by atoms with Gasteiger partial charge in [-0.25, -0.2) is 10.2 Å². The van der Waals surface area contributed by atoms with Crippen molar-refractivity contribution in [1.82, 2.24) is 10.9 Å². The van der Waals surface area contributed by atoms with Crippen molar-refractivity contribution in [2.75, 3.05) is 6.61 Å². The van der Waals surface area contributed by atoms with Gasteiger partial charge in [0.25, 0.3) is 0 Å². The Morgan fingerprint density at radius 3 is 2.59 bits per heavy atom. The van der Waals surface area contributed by atoms with Crippen LogP contribution in [0.1, 0.15) is 47.5 Å². The van der Waals surface area contributed by atoms with Gasteiger partial charge in [0, 0.05) is 12.6 Å². The summed E-state index contributed by atoms with van der Waals surface area (Å²) >= 11 is 0. The molecule has 1 atom stereocenters. The number of carbonyl (C=O) groups excluding carboxylic acids is 1. The van der Waals surface area contributed by atoms with Crippen LogP contribution in [0.25, 0.3) is 0 Å². The SMILES string of the molecule is CC(C)(C)OC(=O)NNC1CCOC(C)(C)C1. The highest BCUT2D eigenvalue weighted by atomic mass is 16.6. The minimum atomic E-state index is -0.472. The Kier molecular flexibility index (Phi) is 4.38. The van der Waals surface area contributed by atoms with Crippen LogP contribution in [0.3, 0.4) is 0 Å². The molecule has 0 saturated carbocycles. The van der Waals surface area contributed by atoms with E-state index in [0.717, 1.165) is 12.8 Å². The molecule has 1 rings (SSSR count). The van der Waals surface area contributed by atoms with Crippen LogP contribution in [0.2, 0.25) is 0 Å².